The maximum absolute atomic E-state index is 5.80. The molecule has 0 unspecified atom stereocenters. The molecule has 1 aliphatic heterocycles. The Balaban J connectivity index is 1.57. The summed E-state index contributed by atoms with van der Waals surface area (Å²) in [5, 5.41) is 3.58. The Kier molecular flexibility index (Phi) is 4.39. The molecule has 20 heavy (non-hydrogen) atoms. The molecule has 110 valence electrons. The molecule has 0 spiro atoms. The van der Waals surface area contributed by atoms with E-state index in [0.29, 0.717) is 12.2 Å². The predicted molar refractivity (Wildman–Crippen MR) is 81.6 cm³/mol. The van der Waals surface area contributed by atoms with E-state index in [9.17, 15) is 0 Å². The van der Waals surface area contributed by atoms with Crippen molar-refractivity contribution in [3.63, 3.8) is 0 Å². The Morgan fingerprint density at radius 1 is 1.15 bits per heavy atom. The smallest absolute Gasteiger partial charge is 0.0678 e. The first-order valence-electron chi connectivity index (χ1n) is 7.88. The van der Waals surface area contributed by atoms with Gasteiger partial charge in [0.05, 0.1) is 12.2 Å². The summed E-state index contributed by atoms with van der Waals surface area (Å²) in [5.41, 5.74) is 2.82. The van der Waals surface area contributed by atoms with E-state index < -0.39 is 0 Å². The summed E-state index contributed by atoms with van der Waals surface area (Å²) in [6, 6.07) is 9.78. The average Bonchev–Trinajstić information content (AvgIpc) is 3.19. The zero-order valence-electron chi connectivity index (χ0n) is 12.6. The van der Waals surface area contributed by atoms with Gasteiger partial charge in [0.25, 0.3) is 0 Å². The molecule has 1 saturated heterocycles. The second kappa shape index (κ2) is 6.25. The number of morpholine rings is 1. The fraction of sp³-hybridized carbons (Fsp3) is 0.647. The van der Waals surface area contributed by atoms with Gasteiger partial charge in [-0.05, 0) is 37.8 Å². The van der Waals surface area contributed by atoms with Crippen molar-refractivity contribution in [2.45, 2.75) is 58.0 Å². The molecule has 1 saturated carbocycles. The third-order valence-electron chi connectivity index (χ3n) is 4.07. The van der Waals surface area contributed by atoms with Gasteiger partial charge in [-0.2, -0.15) is 0 Å². The molecule has 2 fully saturated rings. The summed E-state index contributed by atoms with van der Waals surface area (Å²) in [6.07, 6.45) is 3.39. The molecule has 1 N–H and O–H groups in total. The number of nitrogens with one attached hydrogen (secondary N) is 1. The third-order valence-corrected chi connectivity index (χ3v) is 4.07. The first-order valence-corrected chi connectivity index (χ1v) is 7.88. The fourth-order valence-corrected chi connectivity index (χ4v) is 3.06. The monoisotopic (exact) mass is 274 g/mol. The number of benzene rings is 1. The fourth-order valence-electron chi connectivity index (χ4n) is 3.06. The minimum atomic E-state index is 0.346. The van der Waals surface area contributed by atoms with E-state index in [1.165, 1.54) is 24.0 Å². The van der Waals surface area contributed by atoms with Crippen LogP contribution in [0.25, 0.3) is 0 Å². The predicted octanol–water partition coefficient (Wildman–Crippen LogP) is 2.55. The average molecular weight is 274 g/mol. The first kappa shape index (κ1) is 14.1. The van der Waals surface area contributed by atoms with Gasteiger partial charge in [-0.25, -0.2) is 0 Å². The molecule has 0 radical (unpaired) electrons. The Bertz CT molecular complexity index is 434. The SMILES string of the molecule is C[C@@H]1CN(Cc2cccc(CNC3CC3)c2)C[C@H](C)O1. The van der Waals surface area contributed by atoms with Crippen molar-refractivity contribution in [2.24, 2.45) is 0 Å². The van der Waals surface area contributed by atoms with Crippen LogP contribution in [0.4, 0.5) is 0 Å². The summed E-state index contributed by atoms with van der Waals surface area (Å²) < 4.78 is 5.80. The van der Waals surface area contributed by atoms with Crippen LogP contribution in [0.1, 0.15) is 37.8 Å². The van der Waals surface area contributed by atoms with Gasteiger partial charge >= 0.3 is 0 Å². The molecule has 3 nitrogen and oxygen atoms in total. The molecule has 1 aromatic carbocycles. The molecule has 3 rings (SSSR count). The summed E-state index contributed by atoms with van der Waals surface area (Å²) >= 11 is 0. The second-order valence-electron chi connectivity index (χ2n) is 6.43. The lowest BCUT2D eigenvalue weighted by Crippen LogP contribution is -2.44. The van der Waals surface area contributed by atoms with E-state index in [2.05, 4.69) is 48.3 Å². The number of ether oxygens (including phenoxy) is 1. The zero-order valence-corrected chi connectivity index (χ0v) is 12.6. The molecule has 0 aromatic heterocycles. The molecular formula is C17H26N2O. The van der Waals surface area contributed by atoms with Gasteiger partial charge in [-0.1, -0.05) is 24.3 Å². The van der Waals surface area contributed by atoms with Gasteiger partial charge in [0.2, 0.25) is 0 Å². The normalized spacial score (nSPS) is 27.7. The highest BCUT2D eigenvalue weighted by molar-refractivity contribution is 5.23. The minimum Gasteiger partial charge on any atom is -0.373 e. The molecule has 2 atom stereocenters. The molecule has 2 aliphatic rings. The van der Waals surface area contributed by atoms with Crippen LogP contribution >= 0.6 is 0 Å². The first-order chi connectivity index (χ1) is 9.69. The maximum Gasteiger partial charge on any atom is 0.0678 e. The van der Waals surface area contributed by atoms with Gasteiger partial charge in [0.1, 0.15) is 0 Å². The van der Waals surface area contributed by atoms with E-state index in [0.717, 1.165) is 32.2 Å². The van der Waals surface area contributed by atoms with E-state index in [-0.39, 0.29) is 0 Å². The van der Waals surface area contributed by atoms with Crippen LogP contribution in [0.15, 0.2) is 24.3 Å². The Labute approximate surface area is 122 Å². The molecule has 1 aliphatic carbocycles. The molecule has 0 bridgehead atoms. The Morgan fingerprint density at radius 2 is 1.85 bits per heavy atom. The highest BCUT2D eigenvalue weighted by atomic mass is 16.5. The van der Waals surface area contributed by atoms with Gasteiger partial charge in [-0.15, -0.1) is 0 Å². The van der Waals surface area contributed by atoms with Crippen LogP contribution in [0.2, 0.25) is 0 Å². The Hall–Kier alpha value is -0.900. The largest absolute Gasteiger partial charge is 0.373 e. The van der Waals surface area contributed by atoms with E-state index in [4.69, 9.17) is 4.74 Å². The Morgan fingerprint density at radius 3 is 2.55 bits per heavy atom. The van der Waals surface area contributed by atoms with Crippen molar-refractivity contribution >= 4 is 0 Å². The van der Waals surface area contributed by atoms with Gasteiger partial charge < -0.3 is 10.1 Å². The lowest BCUT2D eigenvalue weighted by molar-refractivity contribution is -0.0704. The van der Waals surface area contributed by atoms with Crippen LogP contribution in [0, 0.1) is 0 Å². The number of hydrogen-bond acceptors (Lipinski definition) is 3. The standard InChI is InChI=1S/C17H26N2O/c1-13-10-19(11-14(2)20-13)12-16-5-3-4-15(8-16)9-18-17-6-7-17/h3-5,8,13-14,17-18H,6-7,9-12H2,1-2H3/t13-,14+. The molecule has 0 amide bonds. The van der Waals surface area contributed by atoms with Gasteiger partial charge in [0.15, 0.2) is 0 Å². The number of rotatable bonds is 5. The van der Waals surface area contributed by atoms with E-state index in [1.807, 2.05) is 0 Å². The number of nitrogens with zero attached hydrogens (tertiary/aromatic N) is 1. The quantitative estimate of drug-likeness (QED) is 0.893. The second-order valence-corrected chi connectivity index (χ2v) is 6.43. The summed E-state index contributed by atoms with van der Waals surface area (Å²) in [5.74, 6) is 0. The highest BCUT2D eigenvalue weighted by Gasteiger charge is 2.22. The van der Waals surface area contributed by atoms with Crippen LogP contribution in [-0.4, -0.2) is 36.2 Å². The third kappa shape index (κ3) is 4.05. The van der Waals surface area contributed by atoms with Crippen LogP contribution < -0.4 is 5.32 Å². The topological polar surface area (TPSA) is 24.5 Å². The lowest BCUT2D eigenvalue weighted by Gasteiger charge is -2.35. The van der Waals surface area contributed by atoms with Gasteiger partial charge in [0, 0.05) is 32.2 Å². The van der Waals surface area contributed by atoms with Crippen LogP contribution in [-0.2, 0) is 17.8 Å². The highest BCUT2D eigenvalue weighted by Crippen LogP contribution is 2.20. The van der Waals surface area contributed by atoms with Crippen molar-refractivity contribution in [1.29, 1.82) is 0 Å². The molecular weight excluding hydrogens is 248 g/mol. The van der Waals surface area contributed by atoms with Crippen LogP contribution in [0.5, 0.6) is 0 Å². The molecule has 1 aromatic rings. The summed E-state index contributed by atoms with van der Waals surface area (Å²) in [4.78, 5) is 2.51. The molecule has 1 heterocycles. The number of hydrogen-bond donors (Lipinski definition) is 1. The summed E-state index contributed by atoms with van der Waals surface area (Å²) in [7, 11) is 0. The van der Waals surface area contributed by atoms with Crippen molar-refractivity contribution < 1.29 is 4.74 Å². The van der Waals surface area contributed by atoms with Crippen molar-refractivity contribution in [2.75, 3.05) is 13.1 Å². The summed E-state index contributed by atoms with van der Waals surface area (Å²) in [6.45, 7) is 8.45. The van der Waals surface area contributed by atoms with Crippen molar-refractivity contribution in [3.8, 4) is 0 Å². The maximum atomic E-state index is 5.80. The lowest BCUT2D eigenvalue weighted by atomic mass is 10.1. The van der Waals surface area contributed by atoms with Gasteiger partial charge in [-0.3, -0.25) is 4.90 Å². The zero-order chi connectivity index (χ0) is 13.9. The van der Waals surface area contributed by atoms with Crippen molar-refractivity contribution in [1.82, 2.24) is 10.2 Å². The van der Waals surface area contributed by atoms with Crippen molar-refractivity contribution in [3.05, 3.63) is 35.4 Å². The van der Waals surface area contributed by atoms with E-state index in [1.54, 1.807) is 0 Å². The van der Waals surface area contributed by atoms with E-state index >= 15 is 0 Å². The minimum absolute atomic E-state index is 0.346. The van der Waals surface area contributed by atoms with Crippen LogP contribution in [0.3, 0.4) is 0 Å². The molecule has 3 heteroatoms.